The molecule has 0 fully saturated rings. The molecule has 1 aliphatic rings. The molecule has 2 heteroatoms. The van der Waals surface area contributed by atoms with Crippen molar-refractivity contribution < 1.29 is 0 Å². The van der Waals surface area contributed by atoms with Crippen molar-refractivity contribution in [3.05, 3.63) is 0 Å². The van der Waals surface area contributed by atoms with Gasteiger partial charge in [-0.25, -0.2) is 0 Å². The Morgan fingerprint density at radius 1 is 1.33 bits per heavy atom. The van der Waals surface area contributed by atoms with Gasteiger partial charge in [-0.15, -0.1) is 0 Å². The van der Waals surface area contributed by atoms with Gasteiger partial charge in [0.05, 0.1) is 18.3 Å². The third-order valence-electron chi connectivity index (χ3n) is 2.22. The monoisotopic (exact) mass is 166 g/mol. The maximum Gasteiger partial charge on any atom is 0.0718 e. The van der Waals surface area contributed by atoms with E-state index in [1.165, 1.54) is 0 Å². The molecule has 0 amide bonds. The fourth-order valence-corrected chi connectivity index (χ4v) is 1.17. The van der Waals surface area contributed by atoms with E-state index in [0.29, 0.717) is 17.9 Å². The lowest BCUT2D eigenvalue weighted by Gasteiger charge is -2.19. The zero-order valence-electron chi connectivity index (χ0n) is 8.41. The topological polar surface area (TPSA) is 24.7 Å². The Balaban J connectivity index is 2.55. The Labute approximate surface area is 74.8 Å². The molecule has 0 spiro atoms. The number of aliphatic imine (C=N–C) groups is 2. The molecule has 0 radical (unpaired) electrons. The molecule has 0 bridgehead atoms. The predicted octanol–water partition coefficient (Wildman–Crippen LogP) is 2.19. The van der Waals surface area contributed by atoms with Crippen LogP contribution in [0.3, 0.4) is 0 Å². The SMILES string of the molecule is CC(C)C1=NCC(C(C)C)N=C1. The molecule has 1 unspecified atom stereocenters. The molecule has 1 atom stereocenters. The first kappa shape index (κ1) is 9.43. The first-order chi connectivity index (χ1) is 5.61. The third kappa shape index (κ3) is 2.16. The highest BCUT2D eigenvalue weighted by molar-refractivity contribution is 6.31. The van der Waals surface area contributed by atoms with Gasteiger partial charge < -0.3 is 0 Å². The first-order valence-electron chi connectivity index (χ1n) is 4.68. The van der Waals surface area contributed by atoms with Crippen molar-refractivity contribution >= 4 is 11.9 Å². The van der Waals surface area contributed by atoms with Gasteiger partial charge in [0.25, 0.3) is 0 Å². The number of rotatable bonds is 2. The highest BCUT2D eigenvalue weighted by Gasteiger charge is 2.15. The quantitative estimate of drug-likeness (QED) is 0.601. The van der Waals surface area contributed by atoms with Crippen molar-refractivity contribution in [3.8, 4) is 0 Å². The van der Waals surface area contributed by atoms with Crippen molar-refractivity contribution in [1.82, 2.24) is 0 Å². The van der Waals surface area contributed by atoms with Gasteiger partial charge in [0, 0.05) is 6.21 Å². The molecule has 1 heterocycles. The summed E-state index contributed by atoms with van der Waals surface area (Å²) in [6, 6.07) is 0.410. The average molecular weight is 166 g/mol. The van der Waals surface area contributed by atoms with Gasteiger partial charge in [0.1, 0.15) is 0 Å². The van der Waals surface area contributed by atoms with Crippen LogP contribution < -0.4 is 0 Å². The van der Waals surface area contributed by atoms with E-state index in [9.17, 15) is 0 Å². The van der Waals surface area contributed by atoms with E-state index in [1.54, 1.807) is 0 Å². The maximum absolute atomic E-state index is 4.50. The Bertz CT molecular complexity index is 202. The van der Waals surface area contributed by atoms with E-state index in [0.717, 1.165) is 12.3 Å². The van der Waals surface area contributed by atoms with E-state index >= 15 is 0 Å². The predicted molar refractivity (Wildman–Crippen MR) is 54.3 cm³/mol. The standard InChI is InChI=1S/C10H18N2/c1-7(2)9-5-12-10(6-11-9)8(3)4/h5,7-8,10H,6H2,1-4H3. The molecule has 0 aliphatic carbocycles. The van der Waals surface area contributed by atoms with Gasteiger partial charge in [0.15, 0.2) is 0 Å². The molecule has 0 aromatic carbocycles. The summed E-state index contributed by atoms with van der Waals surface area (Å²) in [4.78, 5) is 8.97. The summed E-state index contributed by atoms with van der Waals surface area (Å²) in [5, 5.41) is 0. The number of nitrogens with zero attached hydrogens (tertiary/aromatic N) is 2. The molecule has 0 saturated carbocycles. The fourth-order valence-electron chi connectivity index (χ4n) is 1.17. The van der Waals surface area contributed by atoms with Crippen molar-refractivity contribution in [2.24, 2.45) is 21.8 Å². The molecule has 1 rings (SSSR count). The van der Waals surface area contributed by atoms with E-state index in [4.69, 9.17) is 0 Å². The summed E-state index contributed by atoms with van der Waals surface area (Å²) >= 11 is 0. The minimum Gasteiger partial charge on any atom is -0.286 e. The second-order valence-corrected chi connectivity index (χ2v) is 4.01. The van der Waals surface area contributed by atoms with Crippen LogP contribution in [-0.2, 0) is 0 Å². The molecular weight excluding hydrogens is 148 g/mol. The van der Waals surface area contributed by atoms with Gasteiger partial charge in [-0.2, -0.15) is 0 Å². The lowest BCUT2D eigenvalue weighted by molar-refractivity contribution is 0.502. The summed E-state index contributed by atoms with van der Waals surface area (Å²) in [7, 11) is 0. The van der Waals surface area contributed by atoms with Crippen molar-refractivity contribution in [2.45, 2.75) is 33.7 Å². The summed E-state index contributed by atoms with van der Waals surface area (Å²) in [6.45, 7) is 9.57. The molecule has 2 nitrogen and oxygen atoms in total. The normalized spacial score (nSPS) is 23.5. The van der Waals surface area contributed by atoms with Crippen LogP contribution in [0.5, 0.6) is 0 Å². The second-order valence-electron chi connectivity index (χ2n) is 4.01. The highest BCUT2D eigenvalue weighted by atomic mass is 14.9. The van der Waals surface area contributed by atoms with E-state index < -0.39 is 0 Å². The molecule has 0 N–H and O–H groups in total. The Kier molecular flexibility index (Phi) is 3.01. The van der Waals surface area contributed by atoms with Crippen LogP contribution in [0.1, 0.15) is 27.7 Å². The van der Waals surface area contributed by atoms with Gasteiger partial charge >= 0.3 is 0 Å². The number of hydrogen-bond acceptors (Lipinski definition) is 2. The molecular formula is C10H18N2. The lowest BCUT2D eigenvalue weighted by atomic mass is 10.0. The Morgan fingerprint density at radius 3 is 2.33 bits per heavy atom. The third-order valence-corrected chi connectivity index (χ3v) is 2.22. The van der Waals surface area contributed by atoms with Crippen LogP contribution in [0, 0.1) is 11.8 Å². The lowest BCUT2D eigenvalue weighted by Crippen LogP contribution is -2.25. The average Bonchev–Trinajstić information content (AvgIpc) is 2.04. The molecule has 1 aliphatic heterocycles. The maximum atomic E-state index is 4.50. The summed E-state index contributed by atoms with van der Waals surface area (Å²) in [5.41, 5.74) is 1.15. The van der Waals surface area contributed by atoms with Crippen LogP contribution in [0.15, 0.2) is 9.98 Å². The van der Waals surface area contributed by atoms with Gasteiger partial charge in [0.2, 0.25) is 0 Å². The van der Waals surface area contributed by atoms with Crippen LogP contribution in [0.25, 0.3) is 0 Å². The highest BCUT2D eigenvalue weighted by Crippen LogP contribution is 2.11. The van der Waals surface area contributed by atoms with Crippen molar-refractivity contribution in [2.75, 3.05) is 6.54 Å². The van der Waals surface area contributed by atoms with E-state index in [-0.39, 0.29) is 0 Å². The minimum absolute atomic E-state index is 0.410. The Hall–Kier alpha value is -0.660. The van der Waals surface area contributed by atoms with Gasteiger partial charge in [-0.3, -0.25) is 9.98 Å². The second kappa shape index (κ2) is 3.83. The molecule has 0 aromatic rings. The van der Waals surface area contributed by atoms with Crippen molar-refractivity contribution in [1.29, 1.82) is 0 Å². The number of hydrogen-bond donors (Lipinski definition) is 0. The fraction of sp³-hybridized carbons (Fsp3) is 0.800. The van der Waals surface area contributed by atoms with Gasteiger partial charge in [-0.05, 0) is 11.8 Å². The summed E-state index contributed by atoms with van der Waals surface area (Å²) in [5.74, 6) is 1.13. The summed E-state index contributed by atoms with van der Waals surface area (Å²) < 4.78 is 0. The zero-order chi connectivity index (χ0) is 9.14. The van der Waals surface area contributed by atoms with Gasteiger partial charge in [-0.1, -0.05) is 27.7 Å². The van der Waals surface area contributed by atoms with E-state index in [2.05, 4.69) is 37.7 Å². The van der Waals surface area contributed by atoms with Crippen molar-refractivity contribution in [3.63, 3.8) is 0 Å². The van der Waals surface area contributed by atoms with Crippen LogP contribution >= 0.6 is 0 Å². The largest absolute Gasteiger partial charge is 0.286 e. The van der Waals surface area contributed by atoms with Crippen LogP contribution in [0.4, 0.5) is 0 Å². The summed E-state index contributed by atoms with van der Waals surface area (Å²) in [6.07, 6.45) is 1.94. The minimum atomic E-state index is 0.410. The van der Waals surface area contributed by atoms with Crippen LogP contribution in [0.2, 0.25) is 0 Å². The molecule has 0 aromatic heterocycles. The van der Waals surface area contributed by atoms with Crippen LogP contribution in [-0.4, -0.2) is 24.5 Å². The smallest absolute Gasteiger partial charge is 0.0718 e. The molecule has 12 heavy (non-hydrogen) atoms. The van der Waals surface area contributed by atoms with E-state index in [1.807, 2.05) is 6.21 Å². The zero-order valence-corrected chi connectivity index (χ0v) is 8.41. The Morgan fingerprint density at radius 2 is 2.00 bits per heavy atom. The first-order valence-corrected chi connectivity index (χ1v) is 4.68. The molecule has 0 saturated heterocycles. The molecule has 68 valence electrons.